The molecule has 1 aromatic heterocycles. The zero-order chi connectivity index (χ0) is 37.9. The first-order chi connectivity index (χ1) is 26.3. The van der Waals surface area contributed by atoms with E-state index >= 15 is 0 Å². The number of rotatable bonds is 15. The molecule has 0 bridgehead atoms. The van der Waals surface area contributed by atoms with Crippen molar-refractivity contribution in [2.45, 2.75) is 88.8 Å². The van der Waals surface area contributed by atoms with Gasteiger partial charge in [-0.25, -0.2) is 4.79 Å². The third kappa shape index (κ3) is 10.5. The van der Waals surface area contributed by atoms with Crippen molar-refractivity contribution in [3.05, 3.63) is 88.1 Å². The Kier molecular flexibility index (Phi) is 14.1. The van der Waals surface area contributed by atoms with Crippen LogP contribution in [0.15, 0.2) is 72.1 Å². The molecule has 13 heteroatoms. The number of ether oxygens (including phenoxy) is 2. The number of amides is 3. The summed E-state index contributed by atoms with van der Waals surface area (Å²) in [7, 11) is 1.51. The van der Waals surface area contributed by atoms with E-state index in [4.69, 9.17) is 20.9 Å². The summed E-state index contributed by atoms with van der Waals surface area (Å²) in [6.07, 6.45) is 6.51. The molecule has 0 radical (unpaired) electrons. The Balaban J connectivity index is 1.11. The summed E-state index contributed by atoms with van der Waals surface area (Å²) in [4.78, 5) is 48.7. The number of carbonyl (C=O) groups excluding carboxylic acids is 3. The molecule has 1 unspecified atom stereocenters. The first-order valence-electron chi connectivity index (χ1n) is 19.4. The normalized spacial score (nSPS) is 22.9. The Bertz CT molecular complexity index is 1650. The molecule has 3 aromatic rings. The Morgan fingerprint density at radius 1 is 0.981 bits per heavy atom. The number of piperazine rings is 1. The fourth-order valence-corrected chi connectivity index (χ4v) is 8.91. The largest absolute Gasteiger partial charge is 0.415 e. The number of hydrogen-bond acceptors (Lipinski definition) is 10. The second kappa shape index (κ2) is 19.1. The van der Waals surface area contributed by atoms with E-state index in [0.717, 1.165) is 63.0 Å². The van der Waals surface area contributed by atoms with E-state index in [9.17, 15) is 14.4 Å². The van der Waals surface area contributed by atoms with Crippen molar-refractivity contribution in [3.63, 3.8) is 0 Å². The van der Waals surface area contributed by atoms with Gasteiger partial charge in [0.2, 0.25) is 11.8 Å². The molecule has 3 fully saturated rings. The van der Waals surface area contributed by atoms with Crippen molar-refractivity contribution < 1.29 is 23.9 Å². The maximum absolute atomic E-state index is 14.6. The molecular weight excluding hydrogens is 703 g/mol. The van der Waals surface area contributed by atoms with Crippen LogP contribution in [0.3, 0.4) is 0 Å². The number of methoxy groups -OCH3 is 1. The number of hydrogen-bond donors (Lipinski definition) is 4. The van der Waals surface area contributed by atoms with E-state index in [2.05, 4.69) is 45.9 Å². The van der Waals surface area contributed by atoms with Gasteiger partial charge in [0.15, 0.2) is 0 Å². The molecule has 1 saturated carbocycles. The monoisotopic (exact) mass is 759 g/mol. The number of nitrogens with zero attached hydrogens (tertiary/aromatic N) is 3. The SMILES string of the molecule is COC(N)c1cccc(OC(=O)N2CCN(C(=O)[C@@H](CCCCN)NC3CCC4(CC3)CCN(Cc3ccccc3)C4)[C@H](C(=O)NCc3cccs3)C2)c1. The fraction of sp³-hybridized carbons (Fsp3) is 0.537. The van der Waals surface area contributed by atoms with Gasteiger partial charge in [0.25, 0.3) is 0 Å². The topological polar surface area (TPSA) is 155 Å². The molecule has 3 aliphatic rings. The maximum Gasteiger partial charge on any atom is 0.415 e. The van der Waals surface area contributed by atoms with Crippen LogP contribution in [0, 0.1) is 5.41 Å². The van der Waals surface area contributed by atoms with E-state index in [0.29, 0.717) is 36.2 Å². The second-order valence-corrected chi connectivity index (χ2v) is 16.1. The summed E-state index contributed by atoms with van der Waals surface area (Å²) < 4.78 is 10.9. The van der Waals surface area contributed by atoms with E-state index in [-0.39, 0.29) is 37.5 Å². The first-order valence-corrected chi connectivity index (χ1v) is 20.3. The quantitative estimate of drug-likeness (QED) is 0.129. The summed E-state index contributed by atoms with van der Waals surface area (Å²) in [6, 6.07) is 20.4. The van der Waals surface area contributed by atoms with Crippen molar-refractivity contribution in [2.24, 2.45) is 16.9 Å². The van der Waals surface area contributed by atoms with E-state index in [1.54, 1.807) is 40.5 Å². The third-order valence-corrected chi connectivity index (χ3v) is 12.3. The van der Waals surface area contributed by atoms with Gasteiger partial charge in [-0.15, -0.1) is 11.3 Å². The van der Waals surface area contributed by atoms with Crippen LogP contribution in [0.5, 0.6) is 5.75 Å². The van der Waals surface area contributed by atoms with Crippen LogP contribution < -0.4 is 26.8 Å². The van der Waals surface area contributed by atoms with Crippen molar-refractivity contribution in [1.29, 1.82) is 0 Å². The van der Waals surface area contributed by atoms with Gasteiger partial charge >= 0.3 is 6.09 Å². The minimum Gasteiger partial charge on any atom is -0.410 e. The summed E-state index contributed by atoms with van der Waals surface area (Å²) >= 11 is 1.55. The number of carbonyl (C=O) groups is 3. The molecule has 12 nitrogen and oxygen atoms in total. The minimum atomic E-state index is -0.880. The highest BCUT2D eigenvalue weighted by Gasteiger charge is 2.43. The molecule has 2 saturated heterocycles. The van der Waals surface area contributed by atoms with Gasteiger partial charge in [0.05, 0.1) is 19.1 Å². The molecule has 2 aromatic carbocycles. The smallest absolute Gasteiger partial charge is 0.410 e. The Morgan fingerprint density at radius 3 is 2.54 bits per heavy atom. The van der Waals surface area contributed by atoms with Crippen LogP contribution in [0.4, 0.5) is 4.79 Å². The molecule has 6 N–H and O–H groups in total. The number of nitrogens with two attached hydrogens (primary N) is 2. The lowest BCUT2D eigenvalue weighted by atomic mass is 9.72. The van der Waals surface area contributed by atoms with Gasteiger partial charge in [-0.05, 0) is 98.2 Å². The summed E-state index contributed by atoms with van der Waals surface area (Å²) in [5.74, 6) is -0.0844. The lowest BCUT2D eigenvalue weighted by Gasteiger charge is -2.43. The van der Waals surface area contributed by atoms with E-state index in [1.165, 1.54) is 24.0 Å². The number of benzene rings is 2. The van der Waals surface area contributed by atoms with Crippen molar-refractivity contribution >= 4 is 29.2 Å². The summed E-state index contributed by atoms with van der Waals surface area (Å²) in [6.45, 7) is 4.59. The van der Waals surface area contributed by atoms with Gasteiger partial charge in [-0.1, -0.05) is 55.0 Å². The van der Waals surface area contributed by atoms with E-state index < -0.39 is 24.4 Å². The maximum atomic E-state index is 14.6. The molecule has 3 atom stereocenters. The predicted molar refractivity (Wildman–Crippen MR) is 210 cm³/mol. The van der Waals surface area contributed by atoms with E-state index in [1.807, 2.05) is 17.5 Å². The molecule has 3 heterocycles. The third-order valence-electron chi connectivity index (χ3n) is 11.4. The molecule has 54 heavy (non-hydrogen) atoms. The highest BCUT2D eigenvalue weighted by Crippen LogP contribution is 2.44. The van der Waals surface area contributed by atoms with Gasteiger partial charge in [0, 0.05) is 44.2 Å². The zero-order valence-corrected chi connectivity index (χ0v) is 32.3. The van der Waals surface area contributed by atoms with Crippen molar-refractivity contribution in [3.8, 4) is 5.75 Å². The summed E-state index contributed by atoms with van der Waals surface area (Å²) in [5, 5.41) is 8.75. The summed E-state index contributed by atoms with van der Waals surface area (Å²) in [5.41, 5.74) is 14.2. The molecule has 1 spiro atoms. The first kappa shape index (κ1) is 39.8. The van der Waals surface area contributed by atoms with Crippen LogP contribution in [0.25, 0.3) is 0 Å². The average molecular weight is 760 g/mol. The van der Waals surface area contributed by atoms with Gasteiger partial charge in [-0.3, -0.25) is 14.5 Å². The van der Waals surface area contributed by atoms with Gasteiger partial charge in [-0.2, -0.15) is 0 Å². The Hall–Kier alpha value is -3.85. The molecular formula is C41H57N7O5S. The number of thiophene rings is 1. The number of unbranched alkanes of at least 4 members (excludes halogenated alkanes) is 1. The van der Waals surface area contributed by atoms with Crippen molar-refractivity contribution in [2.75, 3.05) is 46.4 Å². The highest BCUT2D eigenvalue weighted by atomic mass is 32.1. The predicted octanol–water partition coefficient (Wildman–Crippen LogP) is 4.60. The number of nitrogens with one attached hydrogen (secondary N) is 2. The van der Waals surface area contributed by atoms with Gasteiger partial charge in [0.1, 0.15) is 18.0 Å². The molecule has 6 rings (SSSR count). The minimum absolute atomic E-state index is 0.0130. The Morgan fingerprint density at radius 2 is 1.80 bits per heavy atom. The average Bonchev–Trinajstić information content (AvgIpc) is 3.87. The zero-order valence-electron chi connectivity index (χ0n) is 31.5. The van der Waals surface area contributed by atoms with Crippen LogP contribution in [0.2, 0.25) is 0 Å². The molecule has 1 aliphatic carbocycles. The lowest BCUT2D eigenvalue weighted by molar-refractivity contribution is -0.145. The number of likely N-dealkylation sites (tertiary alicyclic amines) is 1. The van der Waals surface area contributed by atoms with Crippen LogP contribution >= 0.6 is 11.3 Å². The van der Waals surface area contributed by atoms with Crippen LogP contribution in [-0.4, -0.2) is 97.1 Å². The molecule has 3 amide bonds. The highest BCUT2D eigenvalue weighted by molar-refractivity contribution is 7.09. The fourth-order valence-electron chi connectivity index (χ4n) is 8.26. The second-order valence-electron chi connectivity index (χ2n) is 15.1. The van der Waals surface area contributed by atoms with Crippen molar-refractivity contribution in [1.82, 2.24) is 25.3 Å². The lowest BCUT2D eigenvalue weighted by Crippen LogP contribution is -2.64. The van der Waals surface area contributed by atoms with Gasteiger partial charge < -0.3 is 41.4 Å². The molecule has 2 aliphatic heterocycles. The standard InChI is InChI=1S/C41H57N7O5S/c1-52-37(43)31-11-7-12-33(25-31)53-40(51)47-22-23-48(36(28-47)38(49)44-26-34-13-8-24-54-34)39(50)35(14-5-6-20-42)45-32-15-17-41(18-16-32)19-21-46(29-41)27-30-9-3-2-4-10-30/h2-4,7-13,24-25,32,35-37,45H,5-6,14-23,26-29,42-43H2,1H3,(H,44,49)/t32?,35-,36+,37?,41?/m1/s1. The van der Waals surface area contributed by atoms with Crippen LogP contribution in [-0.2, 0) is 27.4 Å². The van der Waals surface area contributed by atoms with Crippen LogP contribution in [0.1, 0.15) is 73.6 Å². The Labute approximate surface area is 323 Å². The molecule has 292 valence electrons.